The van der Waals surface area contributed by atoms with E-state index in [1.807, 2.05) is 27.7 Å². The number of alkyl halides is 3. The van der Waals surface area contributed by atoms with Crippen LogP contribution in [0.1, 0.15) is 33.3 Å². The van der Waals surface area contributed by atoms with Crippen LogP contribution in [0, 0.1) is 0 Å². The van der Waals surface area contributed by atoms with Gasteiger partial charge in [0.15, 0.2) is 0 Å². The average molecular weight is 339 g/mol. The maximum atomic E-state index is 12.7. The van der Waals surface area contributed by atoms with Crippen molar-refractivity contribution in [3.63, 3.8) is 0 Å². The molecule has 2 rings (SSSR count). The summed E-state index contributed by atoms with van der Waals surface area (Å²) >= 11 is 0. The fourth-order valence-electron chi connectivity index (χ4n) is 2.03. The summed E-state index contributed by atoms with van der Waals surface area (Å²) in [6.07, 6.45) is -4.43. The molecule has 1 aliphatic heterocycles. The molecular weight excluding hydrogens is 319 g/mol. The van der Waals surface area contributed by atoms with E-state index in [9.17, 15) is 13.2 Å². The Labute approximate surface area is 134 Å². The third kappa shape index (κ3) is 3.35. The lowest BCUT2D eigenvalue weighted by molar-refractivity contribution is -0.137. The number of hydrazine groups is 1. The lowest BCUT2D eigenvalue weighted by Gasteiger charge is -2.32. The Morgan fingerprint density at radius 1 is 1.09 bits per heavy atom. The predicted octanol–water partition coefficient (Wildman–Crippen LogP) is 2.71. The van der Waals surface area contributed by atoms with Crippen molar-refractivity contribution >= 4 is 30.7 Å². The molecule has 1 aliphatic rings. The number of nitrogen functional groups attached to an aromatic ring is 1. The topological polar surface area (TPSA) is 56.5 Å². The summed E-state index contributed by atoms with van der Waals surface area (Å²) in [5.41, 5.74) is 0.906. The molecule has 4 nitrogen and oxygen atoms in total. The number of nitrogens with one attached hydrogen (secondary N) is 1. The molecule has 1 saturated heterocycles. The minimum Gasteiger partial charge on any atom is -0.399 e. The molecule has 9 heteroatoms. The van der Waals surface area contributed by atoms with E-state index in [2.05, 4.69) is 5.43 Å². The van der Waals surface area contributed by atoms with Gasteiger partial charge in [0.1, 0.15) is 0 Å². The molecule has 0 atom stereocenters. The van der Waals surface area contributed by atoms with E-state index in [1.165, 1.54) is 6.07 Å². The summed E-state index contributed by atoms with van der Waals surface area (Å²) in [5, 5.41) is 0. The highest BCUT2D eigenvalue weighted by Gasteiger charge is 2.52. The molecule has 0 amide bonds. The maximum absolute atomic E-state index is 12.7. The quantitative estimate of drug-likeness (QED) is 0.494. The van der Waals surface area contributed by atoms with Crippen molar-refractivity contribution in [1.29, 1.82) is 0 Å². The van der Waals surface area contributed by atoms with Gasteiger partial charge in [-0.1, -0.05) is 12.1 Å². The molecule has 0 aromatic heterocycles. The first kappa shape index (κ1) is 19.1. The van der Waals surface area contributed by atoms with Crippen LogP contribution in [-0.4, -0.2) is 18.3 Å². The van der Waals surface area contributed by atoms with E-state index in [4.69, 9.17) is 15.2 Å². The highest BCUT2D eigenvalue weighted by molar-refractivity contribution is 6.63. The molecule has 0 aliphatic carbocycles. The fourth-order valence-corrected chi connectivity index (χ4v) is 2.03. The van der Waals surface area contributed by atoms with Crippen LogP contribution in [-0.2, 0) is 15.5 Å². The van der Waals surface area contributed by atoms with Crippen LogP contribution < -0.4 is 16.7 Å². The third-order valence-corrected chi connectivity index (χ3v) is 4.04. The summed E-state index contributed by atoms with van der Waals surface area (Å²) in [6, 6.07) is 3.25. The van der Waals surface area contributed by atoms with Gasteiger partial charge in [-0.3, -0.25) is 5.84 Å². The van der Waals surface area contributed by atoms with Gasteiger partial charge in [0.05, 0.1) is 16.8 Å². The van der Waals surface area contributed by atoms with Crippen LogP contribution in [0.4, 0.5) is 18.9 Å². The Kier molecular flexibility index (Phi) is 5.14. The first-order valence-corrected chi connectivity index (χ1v) is 6.51. The van der Waals surface area contributed by atoms with Gasteiger partial charge in [-0.2, -0.15) is 13.2 Å². The van der Waals surface area contributed by atoms with Crippen molar-refractivity contribution in [2.45, 2.75) is 45.1 Å². The van der Waals surface area contributed by atoms with Gasteiger partial charge in [-0.05, 0) is 33.8 Å². The van der Waals surface area contributed by atoms with Gasteiger partial charge in [0.2, 0.25) is 0 Å². The molecule has 3 N–H and O–H groups in total. The molecule has 1 aromatic rings. The maximum Gasteiger partial charge on any atom is 0.497 e. The first-order valence-electron chi connectivity index (χ1n) is 6.51. The third-order valence-electron chi connectivity index (χ3n) is 4.04. The Morgan fingerprint density at radius 3 is 2.00 bits per heavy atom. The Balaban J connectivity index is 0.00000242. The molecule has 1 aromatic carbocycles. The fraction of sp³-hybridized carbons (Fsp3) is 0.538. The molecule has 0 bridgehead atoms. The summed E-state index contributed by atoms with van der Waals surface area (Å²) in [6.45, 7) is 7.47. The number of nitrogens with two attached hydrogens (primary N) is 1. The monoisotopic (exact) mass is 338 g/mol. The number of anilines is 1. The van der Waals surface area contributed by atoms with Crippen LogP contribution in [0.3, 0.4) is 0 Å². The number of hydrogen-bond donors (Lipinski definition) is 2. The van der Waals surface area contributed by atoms with Gasteiger partial charge in [-0.25, -0.2) is 0 Å². The smallest absolute Gasteiger partial charge is 0.399 e. The van der Waals surface area contributed by atoms with Gasteiger partial charge in [-0.15, -0.1) is 12.4 Å². The van der Waals surface area contributed by atoms with Gasteiger partial charge >= 0.3 is 13.3 Å². The molecule has 124 valence electrons. The Morgan fingerprint density at radius 2 is 1.59 bits per heavy atom. The predicted molar refractivity (Wildman–Crippen MR) is 82.2 cm³/mol. The SMILES string of the molecule is CC1(C)OB(c2ccc(C(F)(F)F)cc2NN)OC1(C)C.Cl. The van der Waals surface area contributed by atoms with E-state index >= 15 is 0 Å². The minimum absolute atomic E-state index is 0. The number of benzene rings is 1. The molecule has 0 spiro atoms. The van der Waals surface area contributed by atoms with E-state index in [1.54, 1.807) is 0 Å². The zero-order valence-corrected chi connectivity index (χ0v) is 13.6. The lowest BCUT2D eigenvalue weighted by Crippen LogP contribution is -2.41. The zero-order chi connectivity index (χ0) is 16.1. The van der Waals surface area contributed by atoms with Crippen LogP contribution >= 0.6 is 12.4 Å². The standard InChI is InChI=1S/C13H18BF3N2O2.ClH/c1-11(2)12(3,4)21-14(20-11)9-6-5-8(13(15,16)17)7-10(9)19-18;/h5-7,19H,18H2,1-4H3;1H. The molecule has 0 unspecified atom stereocenters. The highest BCUT2D eigenvalue weighted by atomic mass is 35.5. The number of hydrogen-bond acceptors (Lipinski definition) is 4. The molecule has 22 heavy (non-hydrogen) atoms. The summed E-state index contributed by atoms with van der Waals surface area (Å²) in [4.78, 5) is 0. The summed E-state index contributed by atoms with van der Waals surface area (Å²) in [7, 11) is -0.775. The van der Waals surface area contributed by atoms with Crippen LogP contribution in [0.25, 0.3) is 0 Å². The second kappa shape index (κ2) is 5.92. The molecule has 1 fully saturated rings. The molecule has 0 radical (unpaired) electrons. The normalized spacial score (nSPS) is 19.7. The van der Waals surface area contributed by atoms with Gasteiger partial charge in [0, 0.05) is 11.2 Å². The summed E-state index contributed by atoms with van der Waals surface area (Å²) < 4.78 is 49.8. The molecule has 0 saturated carbocycles. The van der Waals surface area contributed by atoms with E-state index in [-0.39, 0.29) is 18.1 Å². The summed E-state index contributed by atoms with van der Waals surface area (Å²) in [5.74, 6) is 5.34. The van der Waals surface area contributed by atoms with Crippen molar-refractivity contribution in [1.82, 2.24) is 0 Å². The van der Waals surface area contributed by atoms with Crippen molar-refractivity contribution in [2.24, 2.45) is 5.84 Å². The minimum atomic E-state index is -4.43. The number of halogens is 4. The van der Waals surface area contributed by atoms with Gasteiger partial charge in [0.25, 0.3) is 0 Å². The lowest BCUT2D eigenvalue weighted by atomic mass is 9.77. The van der Waals surface area contributed by atoms with Gasteiger partial charge < -0.3 is 14.7 Å². The molecule has 1 heterocycles. The van der Waals surface area contributed by atoms with Crippen LogP contribution in [0.15, 0.2) is 18.2 Å². The van der Waals surface area contributed by atoms with E-state index in [0.717, 1.165) is 12.1 Å². The van der Waals surface area contributed by atoms with E-state index < -0.39 is 30.1 Å². The zero-order valence-electron chi connectivity index (χ0n) is 12.7. The highest BCUT2D eigenvalue weighted by Crippen LogP contribution is 2.37. The van der Waals surface area contributed by atoms with Crippen molar-refractivity contribution in [3.05, 3.63) is 23.8 Å². The van der Waals surface area contributed by atoms with Crippen molar-refractivity contribution in [2.75, 3.05) is 5.43 Å². The first-order chi connectivity index (χ1) is 9.48. The second-order valence-corrected chi connectivity index (χ2v) is 6.03. The van der Waals surface area contributed by atoms with Crippen molar-refractivity contribution < 1.29 is 22.5 Å². The molecular formula is C13H19BClF3N2O2. The van der Waals surface area contributed by atoms with Crippen LogP contribution in [0.5, 0.6) is 0 Å². The average Bonchev–Trinajstić information content (AvgIpc) is 2.56. The van der Waals surface area contributed by atoms with Crippen LogP contribution in [0.2, 0.25) is 0 Å². The number of rotatable bonds is 2. The van der Waals surface area contributed by atoms with Crippen molar-refractivity contribution in [3.8, 4) is 0 Å². The second-order valence-electron chi connectivity index (χ2n) is 6.03. The van der Waals surface area contributed by atoms with E-state index in [0.29, 0.717) is 5.46 Å². The Bertz CT molecular complexity index is 537. The largest absolute Gasteiger partial charge is 0.497 e. The Hall–Kier alpha value is -0.955.